The van der Waals surface area contributed by atoms with Crippen molar-refractivity contribution < 1.29 is 4.79 Å². The van der Waals surface area contributed by atoms with Gasteiger partial charge in [-0.15, -0.1) is 0 Å². The molecule has 0 spiro atoms. The first-order valence-corrected chi connectivity index (χ1v) is 7.16. The fraction of sp³-hybridized carbons (Fsp3) is 0.188. The van der Waals surface area contributed by atoms with Gasteiger partial charge in [0.2, 0.25) is 5.91 Å². The first kappa shape index (κ1) is 14.6. The van der Waals surface area contributed by atoms with Gasteiger partial charge in [0.15, 0.2) is 0 Å². The number of rotatable bonds is 3. The number of hydrogen-bond acceptors (Lipinski definition) is 2. The summed E-state index contributed by atoms with van der Waals surface area (Å²) in [5.74, 6) is -0.0378. The molecule has 0 aliphatic carbocycles. The SMILES string of the molecule is Cc1cc(Br)cc(C)c1NC(=O)Cc1cccc(N)c1. The van der Waals surface area contributed by atoms with Gasteiger partial charge in [-0.1, -0.05) is 28.1 Å². The Morgan fingerprint density at radius 1 is 1.20 bits per heavy atom. The summed E-state index contributed by atoms with van der Waals surface area (Å²) in [6.45, 7) is 3.96. The lowest BCUT2D eigenvalue weighted by Gasteiger charge is -2.12. The number of amides is 1. The van der Waals surface area contributed by atoms with Crippen molar-refractivity contribution >= 4 is 33.2 Å². The number of aryl methyl sites for hydroxylation is 2. The van der Waals surface area contributed by atoms with E-state index in [9.17, 15) is 4.79 Å². The highest BCUT2D eigenvalue weighted by Crippen LogP contribution is 2.25. The maximum atomic E-state index is 12.1. The second kappa shape index (κ2) is 6.09. The molecule has 3 N–H and O–H groups in total. The zero-order valence-electron chi connectivity index (χ0n) is 11.5. The summed E-state index contributed by atoms with van der Waals surface area (Å²) in [6.07, 6.45) is 0.319. The van der Waals surface area contributed by atoms with Gasteiger partial charge in [0, 0.05) is 15.8 Å². The van der Waals surface area contributed by atoms with E-state index in [1.807, 2.05) is 50.2 Å². The number of nitrogen functional groups attached to an aromatic ring is 1. The van der Waals surface area contributed by atoms with E-state index >= 15 is 0 Å². The highest BCUT2D eigenvalue weighted by atomic mass is 79.9. The van der Waals surface area contributed by atoms with E-state index in [-0.39, 0.29) is 5.91 Å². The summed E-state index contributed by atoms with van der Waals surface area (Å²) < 4.78 is 1.02. The third-order valence-corrected chi connectivity index (χ3v) is 3.54. The lowest BCUT2D eigenvalue weighted by atomic mass is 10.1. The quantitative estimate of drug-likeness (QED) is 0.839. The minimum absolute atomic E-state index is 0.0378. The van der Waals surface area contributed by atoms with E-state index in [0.29, 0.717) is 12.1 Å². The van der Waals surface area contributed by atoms with Crippen LogP contribution in [0.4, 0.5) is 11.4 Å². The Bertz CT molecular complexity index is 630. The maximum Gasteiger partial charge on any atom is 0.228 e. The Hall–Kier alpha value is -1.81. The van der Waals surface area contributed by atoms with Gasteiger partial charge in [0.25, 0.3) is 0 Å². The Balaban J connectivity index is 2.13. The van der Waals surface area contributed by atoms with Crippen LogP contribution >= 0.6 is 15.9 Å². The van der Waals surface area contributed by atoms with Crippen molar-refractivity contribution in [1.82, 2.24) is 0 Å². The lowest BCUT2D eigenvalue weighted by molar-refractivity contribution is -0.115. The van der Waals surface area contributed by atoms with E-state index < -0.39 is 0 Å². The van der Waals surface area contributed by atoms with Crippen LogP contribution in [-0.4, -0.2) is 5.91 Å². The van der Waals surface area contributed by atoms with Crippen LogP contribution < -0.4 is 11.1 Å². The van der Waals surface area contributed by atoms with E-state index in [0.717, 1.165) is 26.9 Å². The van der Waals surface area contributed by atoms with Crippen molar-refractivity contribution in [3.63, 3.8) is 0 Å². The summed E-state index contributed by atoms with van der Waals surface area (Å²) in [6, 6.07) is 11.4. The molecule has 0 aromatic heterocycles. The van der Waals surface area contributed by atoms with Crippen LogP contribution in [0.2, 0.25) is 0 Å². The monoisotopic (exact) mass is 332 g/mol. The molecule has 1 amide bonds. The second-order valence-corrected chi connectivity index (χ2v) is 5.80. The van der Waals surface area contributed by atoms with Crippen molar-refractivity contribution in [1.29, 1.82) is 0 Å². The molecular formula is C16H17BrN2O. The number of nitrogens with two attached hydrogens (primary N) is 1. The summed E-state index contributed by atoms with van der Waals surface area (Å²) in [7, 11) is 0. The second-order valence-electron chi connectivity index (χ2n) is 4.88. The largest absolute Gasteiger partial charge is 0.399 e. The molecule has 0 radical (unpaired) electrons. The fourth-order valence-electron chi connectivity index (χ4n) is 2.18. The third-order valence-electron chi connectivity index (χ3n) is 3.08. The van der Waals surface area contributed by atoms with E-state index in [1.54, 1.807) is 0 Å². The molecule has 0 saturated carbocycles. The van der Waals surface area contributed by atoms with Crippen LogP contribution in [0.3, 0.4) is 0 Å². The van der Waals surface area contributed by atoms with Crippen molar-refractivity contribution in [3.05, 3.63) is 57.6 Å². The smallest absolute Gasteiger partial charge is 0.228 e. The molecule has 104 valence electrons. The predicted octanol–water partition coefficient (Wildman–Crippen LogP) is 3.83. The summed E-state index contributed by atoms with van der Waals surface area (Å²) in [4.78, 5) is 12.1. The average Bonchev–Trinajstić information content (AvgIpc) is 2.33. The number of nitrogens with one attached hydrogen (secondary N) is 1. The van der Waals surface area contributed by atoms with Gasteiger partial charge in [-0.05, 0) is 54.8 Å². The van der Waals surface area contributed by atoms with E-state index in [1.165, 1.54) is 0 Å². The average molecular weight is 333 g/mol. The fourth-order valence-corrected chi connectivity index (χ4v) is 2.87. The summed E-state index contributed by atoms with van der Waals surface area (Å²) in [5.41, 5.74) is 10.3. The number of halogens is 1. The standard InChI is InChI=1S/C16H17BrN2O/c1-10-6-13(17)7-11(2)16(10)19-15(20)9-12-4-3-5-14(18)8-12/h3-8H,9,18H2,1-2H3,(H,19,20). The zero-order chi connectivity index (χ0) is 14.7. The maximum absolute atomic E-state index is 12.1. The molecular weight excluding hydrogens is 316 g/mol. The van der Waals surface area contributed by atoms with Crippen molar-refractivity contribution in [3.8, 4) is 0 Å². The van der Waals surface area contributed by atoms with Crippen LogP contribution in [0.1, 0.15) is 16.7 Å². The van der Waals surface area contributed by atoms with Crippen molar-refractivity contribution in [2.45, 2.75) is 20.3 Å². The van der Waals surface area contributed by atoms with Gasteiger partial charge in [-0.2, -0.15) is 0 Å². The summed E-state index contributed by atoms with van der Waals surface area (Å²) in [5, 5.41) is 2.97. The van der Waals surface area contributed by atoms with Crippen LogP contribution in [0.5, 0.6) is 0 Å². The Kier molecular flexibility index (Phi) is 4.45. The molecule has 0 fully saturated rings. The highest BCUT2D eigenvalue weighted by Gasteiger charge is 2.09. The Labute approximate surface area is 127 Å². The molecule has 0 unspecified atom stereocenters. The van der Waals surface area contributed by atoms with Gasteiger partial charge < -0.3 is 11.1 Å². The van der Waals surface area contributed by atoms with Crippen molar-refractivity contribution in [2.75, 3.05) is 11.1 Å². The van der Waals surface area contributed by atoms with Crippen molar-refractivity contribution in [2.24, 2.45) is 0 Å². The number of benzene rings is 2. The minimum Gasteiger partial charge on any atom is -0.399 e. The van der Waals surface area contributed by atoms with E-state index in [2.05, 4.69) is 21.2 Å². The van der Waals surface area contributed by atoms with Crippen LogP contribution in [-0.2, 0) is 11.2 Å². The number of anilines is 2. The molecule has 20 heavy (non-hydrogen) atoms. The molecule has 2 aromatic rings. The summed E-state index contributed by atoms with van der Waals surface area (Å²) >= 11 is 3.45. The van der Waals surface area contributed by atoms with Crippen LogP contribution in [0, 0.1) is 13.8 Å². The molecule has 0 heterocycles. The predicted molar refractivity (Wildman–Crippen MR) is 86.8 cm³/mol. The van der Waals surface area contributed by atoms with Gasteiger partial charge in [-0.3, -0.25) is 4.79 Å². The van der Waals surface area contributed by atoms with Gasteiger partial charge >= 0.3 is 0 Å². The molecule has 2 aromatic carbocycles. The molecule has 4 heteroatoms. The molecule has 0 atom stereocenters. The first-order valence-electron chi connectivity index (χ1n) is 6.36. The molecule has 0 aliphatic heterocycles. The van der Waals surface area contributed by atoms with Gasteiger partial charge in [0.05, 0.1) is 6.42 Å². The molecule has 3 nitrogen and oxygen atoms in total. The topological polar surface area (TPSA) is 55.1 Å². The number of carbonyl (C=O) groups excluding carboxylic acids is 1. The van der Waals surface area contributed by atoms with Gasteiger partial charge in [0.1, 0.15) is 0 Å². The van der Waals surface area contributed by atoms with Crippen LogP contribution in [0.15, 0.2) is 40.9 Å². The lowest BCUT2D eigenvalue weighted by Crippen LogP contribution is -2.16. The number of hydrogen-bond donors (Lipinski definition) is 2. The molecule has 2 rings (SSSR count). The molecule has 0 saturated heterocycles. The Morgan fingerprint density at radius 2 is 1.85 bits per heavy atom. The minimum atomic E-state index is -0.0378. The zero-order valence-corrected chi connectivity index (χ0v) is 13.1. The van der Waals surface area contributed by atoms with E-state index in [4.69, 9.17) is 5.73 Å². The van der Waals surface area contributed by atoms with Gasteiger partial charge in [-0.25, -0.2) is 0 Å². The normalized spacial score (nSPS) is 10.3. The third kappa shape index (κ3) is 3.61. The first-order chi connectivity index (χ1) is 9.45. The Morgan fingerprint density at radius 3 is 2.45 bits per heavy atom. The molecule has 0 bridgehead atoms. The molecule has 0 aliphatic rings. The highest BCUT2D eigenvalue weighted by molar-refractivity contribution is 9.10. The number of carbonyl (C=O) groups is 1. The van der Waals surface area contributed by atoms with Crippen LogP contribution in [0.25, 0.3) is 0 Å².